The number of ether oxygens (including phenoxy) is 3. The predicted octanol–water partition coefficient (Wildman–Crippen LogP) is 5.19. The van der Waals surface area contributed by atoms with Crippen molar-refractivity contribution in [2.75, 3.05) is 38.7 Å². The van der Waals surface area contributed by atoms with Crippen LogP contribution in [0.25, 0.3) is 0 Å². The molecule has 7 nitrogen and oxygen atoms in total. The van der Waals surface area contributed by atoms with Crippen molar-refractivity contribution in [1.82, 2.24) is 4.90 Å². The zero-order valence-corrected chi connectivity index (χ0v) is 23.0. The van der Waals surface area contributed by atoms with E-state index in [2.05, 4.69) is 4.90 Å². The molecule has 3 aromatic carbocycles. The third kappa shape index (κ3) is 5.70. The summed E-state index contributed by atoms with van der Waals surface area (Å²) in [4.78, 5) is 2.65. The molecule has 0 bridgehead atoms. The highest BCUT2D eigenvalue weighted by atomic mass is 32.2. The van der Waals surface area contributed by atoms with Crippen LogP contribution in [0.4, 0.5) is 5.69 Å². The molecule has 0 aliphatic carbocycles. The molecule has 0 aromatic heterocycles. The van der Waals surface area contributed by atoms with Crippen molar-refractivity contribution in [3.63, 3.8) is 0 Å². The number of sulfonamides is 1. The van der Waals surface area contributed by atoms with Gasteiger partial charge in [0.05, 0.1) is 31.9 Å². The molecule has 198 valence electrons. The lowest BCUT2D eigenvalue weighted by molar-refractivity contribution is 0.203. The number of likely N-dealkylation sites (tertiary alicyclic amines) is 1. The molecule has 0 spiro atoms. The molecule has 0 amide bonds. The SMILES string of the molecule is COc1ccc(CN2CCC(N(c3ccc(C)cc3)S(=O)(=O)c3cccc(C)c3)CC2)c(OC)c1OC. The summed E-state index contributed by atoms with van der Waals surface area (Å²) < 4.78 is 46.1. The molecular weight excluding hydrogens is 488 g/mol. The van der Waals surface area contributed by atoms with Gasteiger partial charge in [0.15, 0.2) is 11.5 Å². The van der Waals surface area contributed by atoms with Crippen molar-refractivity contribution in [2.24, 2.45) is 0 Å². The topological polar surface area (TPSA) is 68.3 Å². The molecule has 0 unspecified atom stereocenters. The van der Waals surface area contributed by atoms with Gasteiger partial charge in [-0.05, 0) is 62.6 Å². The lowest BCUT2D eigenvalue weighted by Crippen LogP contribution is -2.47. The molecule has 0 N–H and O–H groups in total. The zero-order chi connectivity index (χ0) is 26.6. The van der Waals surface area contributed by atoms with Gasteiger partial charge in [0.1, 0.15) is 0 Å². The summed E-state index contributed by atoms with van der Waals surface area (Å²) in [7, 11) is 1.10. The van der Waals surface area contributed by atoms with E-state index in [9.17, 15) is 8.42 Å². The Morgan fingerprint density at radius 2 is 1.51 bits per heavy atom. The van der Waals surface area contributed by atoms with Gasteiger partial charge in [-0.3, -0.25) is 9.21 Å². The fraction of sp³-hybridized carbons (Fsp3) is 0.379. The van der Waals surface area contributed by atoms with Crippen LogP contribution in [-0.2, 0) is 16.6 Å². The first-order valence-corrected chi connectivity index (χ1v) is 13.9. The number of hydrogen-bond donors (Lipinski definition) is 0. The normalized spacial score (nSPS) is 14.8. The molecule has 4 rings (SSSR count). The highest BCUT2D eigenvalue weighted by Crippen LogP contribution is 2.40. The first-order valence-electron chi connectivity index (χ1n) is 12.5. The maximum atomic E-state index is 13.9. The monoisotopic (exact) mass is 524 g/mol. The fourth-order valence-corrected chi connectivity index (χ4v) is 6.78. The molecule has 8 heteroatoms. The molecule has 1 aliphatic heterocycles. The van der Waals surface area contributed by atoms with Crippen molar-refractivity contribution in [1.29, 1.82) is 0 Å². The van der Waals surface area contributed by atoms with Crippen LogP contribution in [0.15, 0.2) is 65.6 Å². The molecular formula is C29H36N2O5S. The first kappa shape index (κ1) is 26.8. The Labute approximate surface area is 220 Å². The van der Waals surface area contributed by atoms with Crippen LogP contribution in [0.5, 0.6) is 17.2 Å². The van der Waals surface area contributed by atoms with Crippen LogP contribution >= 0.6 is 0 Å². The summed E-state index contributed by atoms with van der Waals surface area (Å²) in [5.74, 6) is 1.86. The minimum absolute atomic E-state index is 0.142. The average molecular weight is 525 g/mol. The standard InChI is InChI=1S/C29H36N2O5S/c1-21-9-12-24(13-10-21)31(37(32,33)26-8-6-7-22(2)19-26)25-15-17-30(18-16-25)20-23-11-14-27(34-3)29(36-5)28(23)35-4/h6-14,19,25H,15-18,20H2,1-5H3. The highest BCUT2D eigenvalue weighted by Gasteiger charge is 2.34. The summed E-state index contributed by atoms with van der Waals surface area (Å²) in [6.45, 7) is 6.10. The molecule has 1 heterocycles. The van der Waals surface area contributed by atoms with E-state index in [0.29, 0.717) is 47.2 Å². The van der Waals surface area contributed by atoms with Crippen LogP contribution in [-0.4, -0.2) is 53.8 Å². The maximum Gasteiger partial charge on any atom is 0.264 e. The Morgan fingerprint density at radius 1 is 0.838 bits per heavy atom. The van der Waals surface area contributed by atoms with Crippen LogP contribution < -0.4 is 18.5 Å². The van der Waals surface area contributed by atoms with Crippen LogP contribution in [0.3, 0.4) is 0 Å². The molecule has 1 saturated heterocycles. The summed E-state index contributed by atoms with van der Waals surface area (Å²) in [5.41, 5.74) is 3.72. The van der Waals surface area contributed by atoms with E-state index in [-0.39, 0.29) is 6.04 Å². The summed E-state index contributed by atoms with van der Waals surface area (Å²) >= 11 is 0. The van der Waals surface area contributed by atoms with Crippen LogP contribution in [0.2, 0.25) is 0 Å². The van der Waals surface area contributed by atoms with E-state index in [0.717, 1.165) is 29.8 Å². The fourth-order valence-electron chi connectivity index (χ4n) is 4.97. The minimum atomic E-state index is -3.73. The lowest BCUT2D eigenvalue weighted by atomic mass is 10.0. The largest absolute Gasteiger partial charge is 0.493 e. The summed E-state index contributed by atoms with van der Waals surface area (Å²) in [6.07, 6.45) is 1.43. The number of methoxy groups -OCH3 is 3. The third-order valence-corrected chi connectivity index (χ3v) is 8.78. The number of rotatable bonds is 9. The maximum absolute atomic E-state index is 13.9. The van der Waals surface area contributed by atoms with E-state index in [1.807, 2.05) is 56.3 Å². The third-order valence-electron chi connectivity index (χ3n) is 6.90. The number of aryl methyl sites for hydroxylation is 2. The van der Waals surface area contributed by atoms with Gasteiger partial charge in [-0.15, -0.1) is 0 Å². The van der Waals surface area contributed by atoms with Gasteiger partial charge in [-0.2, -0.15) is 0 Å². The van der Waals surface area contributed by atoms with Crippen LogP contribution in [0.1, 0.15) is 29.5 Å². The number of hydrogen-bond acceptors (Lipinski definition) is 6. The van der Waals surface area contributed by atoms with Crippen molar-refractivity contribution >= 4 is 15.7 Å². The van der Waals surface area contributed by atoms with Gasteiger partial charge in [-0.1, -0.05) is 35.9 Å². The Morgan fingerprint density at radius 3 is 2.11 bits per heavy atom. The molecule has 1 fully saturated rings. The molecule has 3 aromatic rings. The highest BCUT2D eigenvalue weighted by molar-refractivity contribution is 7.92. The Kier molecular flexibility index (Phi) is 8.29. The predicted molar refractivity (Wildman–Crippen MR) is 146 cm³/mol. The Hall–Kier alpha value is -3.23. The van der Waals surface area contributed by atoms with Gasteiger partial charge < -0.3 is 14.2 Å². The quantitative estimate of drug-likeness (QED) is 0.384. The second kappa shape index (κ2) is 11.4. The second-order valence-electron chi connectivity index (χ2n) is 9.45. The Bertz CT molecular complexity index is 1320. The summed E-state index contributed by atoms with van der Waals surface area (Å²) in [5, 5.41) is 0. The molecule has 0 radical (unpaired) electrons. The molecule has 0 atom stereocenters. The number of anilines is 1. The van der Waals surface area contributed by atoms with E-state index in [4.69, 9.17) is 14.2 Å². The van der Waals surface area contributed by atoms with Gasteiger partial charge >= 0.3 is 0 Å². The van der Waals surface area contributed by atoms with Gasteiger partial charge in [0.25, 0.3) is 10.0 Å². The van der Waals surface area contributed by atoms with Crippen molar-refractivity contribution in [2.45, 2.75) is 44.2 Å². The van der Waals surface area contributed by atoms with E-state index >= 15 is 0 Å². The van der Waals surface area contributed by atoms with Crippen LogP contribution in [0, 0.1) is 13.8 Å². The lowest BCUT2D eigenvalue weighted by Gasteiger charge is -2.39. The first-order chi connectivity index (χ1) is 17.8. The van der Waals surface area contributed by atoms with Crippen molar-refractivity contribution < 1.29 is 22.6 Å². The number of nitrogens with zero attached hydrogens (tertiary/aromatic N) is 2. The van der Waals surface area contributed by atoms with Gasteiger partial charge in [0.2, 0.25) is 5.75 Å². The number of benzene rings is 3. The molecule has 0 saturated carbocycles. The molecule has 37 heavy (non-hydrogen) atoms. The van der Waals surface area contributed by atoms with Gasteiger partial charge in [0, 0.05) is 31.2 Å². The minimum Gasteiger partial charge on any atom is -0.493 e. The van der Waals surface area contributed by atoms with E-state index in [1.165, 1.54) is 0 Å². The Balaban J connectivity index is 1.57. The van der Waals surface area contributed by atoms with Crippen molar-refractivity contribution in [3.8, 4) is 17.2 Å². The number of piperidine rings is 1. The van der Waals surface area contributed by atoms with Crippen molar-refractivity contribution in [3.05, 3.63) is 77.4 Å². The van der Waals surface area contributed by atoms with E-state index < -0.39 is 10.0 Å². The van der Waals surface area contributed by atoms with E-state index in [1.54, 1.807) is 43.8 Å². The summed E-state index contributed by atoms with van der Waals surface area (Å²) in [6, 6.07) is 18.6. The molecule has 1 aliphatic rings. The van der Waals surface area contributed by atoms with Gasteiger partial charge in [-0.25, -0.2) is 8.42 Å². The average Bonchev–Trinajstić information content (AvgIpc) is 2.90. The smallest absolute Gasteiger partial charge is 0.264 e. The second-order valence-corrected chi connectivity index (χ2v) is 11.3. The zero-order valence-electron chi connectivity index (χ0n) is 22.2.